The summed E-state index contributed by atoms with van der Waals surface area (Å²) in [6.45, 7) is 0.499. The first-order valence-electron chi connectivity index (χ1n) is 7.20. The zero-order valence-electron chi connectivity index (χ0n) is 12.9. The molecule has 0 saturated heterocycles. The van der Waals surface area contributed by atoms with Gasteiger partial charge in [-0.25, -0.2) is 4.99 Å². The summed E-state index contributed by atoms with van der Waals surface area (Å²) in [6.07, 6.45) is -0.100. The standard InChI is InChI=1S/C16H18N4O3S/c17-16(18)20-9-10-2-1-3-11(8-10)12-4-5-13(24-12)15(23)19-7-6-14(21)22/h1-5,8H,6-7,9H2,(H,19,23)(H,21,22)(H4,17,18,20). The molecule has 0 aliphatic heterocycles. The van der Waals surface area contributed by atoms with Gasteiger partial charge in [-0.15, -0.1) is 11.3 Å². The zero-order chi connectivity index (χ0) is 17.5. The Morgan fingerprint density at radius 1 is 1.21 bits per heavy atom. The minimum absolute atomic E-state index is 0.0387. The second kappa shape index (κ2) is 8.11. The second-order valence-electron chi connectivity index (χ2n) is 5.01. The van der Waals surface area contributed by atoms with Crippen molar-refractivity contribution in [1.29, 1.82) is 0 Å². The fourth-order valence-electron chi connectivity index (χ4n) is 1.99. The van der Waals surface area contributed by atoms with Gasteiger partial charge in [-0.3, -0.25) is 9.59 Å². The molecule has 2 aromatic rings. The highest BCUT2D eigenvalue weighted by atomic mass is 32.1. The molecule has 1 amide bonds. The number of carbonyl (C=O) groups is 2. The molecule has 8 heteroatoms. The molecular weight excluding hydrogens is 328 g/mol. The summed E-state index contributed by atoms with van der Waals surface area (Å²) in [6, 6.07) is 11.3. The number of rotatable bonds is 7. The maximum Gasteiger partial charge on any atom is 0.305 e. The van der Waals surface area contributed by atoms with E-state index in [1.807, 2.05) is 30.3 Å². The Morgan fingerprint density at radius 3 is 2.71 bits per heavy atom. The van der Waals surface area contributed by atoms with Gasteiger partial charge in [0, 0.05) is 11.4 Å². The van der Waals surface area contributed by atoms with E-state index in [2.05, 4.69) is 10.3 Å². The van der Waals surface area contributed by atoms with E-state index in [1.165, 1.54) is 11.3 Å². The molecule has 0 saturated carbocycles. The van der Waals surface area contributed by atoms with Gasteiger partial charge in [0.25, 0.3) is 5.91 Å². The number of carboxylic acid groups (broad SMARTS) is 1. The van der Waals surface area contributed by atoms with E-state index in [9.17, 15) is 9.59 Å². The Labute approximate surface area is 143 Å². The van der Waals surface area contributed by atoms with Gasteiger partial charge in [0.2, 0.25) is 0 Å². The molecule has 0 unspecified atom stereocenters. The van der Waals surface area contributed by atoms with E-state index >= 15 is 0 Å². The Balaban J connectivity index is 2.07. The molecule has 24 heavy (non-hydrogen) atoms. The van der Waals surface area contributed by atoms with Gasteiger partial charge in [0.1, 0.15) is 0 Å². The molecule has 0 aliphatic rings. The monoisotopic (exact) mass is 346 g/mol. The SMILES string of the molecule is NC(N)=NCc1cccc(-c2ccc(C(=O)NCCC(=O)O)s2)c1. The topological polar surface area (TPSA) is 131 Å². The molecule has 7 nitrogen and oxygen atoms in total. The third-order valence-corrected chi connectivity index (χ3v) is 4.24. The smallest absolute Gasteiger partial charge is 0.305 e. The number of aliphatic carboxylic acids is 1. The van der Waals surface area contributed by atoms with Crippen molar-refractivity contribution < 1.29 is 14.7 Å². The van der Waals surface area contributed by atoms with Crippen molar-refractivity contribution in [1.82, 2.24) is 5.32 Å². The summed E-state index contributed by atoms with van der Waals surface area (Å²) < 4.78 is 0. The molecule has 1 aromatic carbocycles. The number of hydrogen-bond donors (Lipinski definition) is 4. The summed E-state index contributed by atoms with van der Waals surface area (Å²) in [5.74, 6) is -1.18. The van der Waals surface area contributed by atoms with Crippen LogP contribution in [0.4, 0.5) is 0 Å². The third kappa shape index (κ3) is 5.10. The maximum atomic E-state index is 12.0. The lowest BCUT2D eigenvalue weighted by atomic mass is 10.1. The lowest BCUT2D eigenvalue weighted by molar-refractivity contribution is -0.136. The molecule has 0 aliphatic carbocycles. The van der Waals surface area contributed by atoms with E-state index in [0.717, 1.165) is 16.0 Å². The molecule has 2 rings (SSSR count). The predicted molar refractivity (Wildman–Crippen MR) is 93.9 cm³/mol. The lowest BCUT2D eigenvalue weighted by Gasteiger charge is -2.02. The summed E-state index contributed by atoms with van der Waals surface area (Å²) in [5, 5.41) is 11.2. The second-order valence-corrected chi connectivity index (χ2v) is 6.09. The first kappa shape index (κ1) is 17.5. The highest BCUT2D eigenvalue weighted by Crippen LogP contribution is 2.28. The van der Waals surface area contributed by atoms with E-state index in [1.54, 1.807) is 6.07 Å². The molecule has 126 valence electrons. The number of hydrogen-bond acceptors (Lipinski definition) is 4. The minimum atomic E-state index is -0.945. The summed E-state index contributed by atoms with van der Waals surface area (Å²) >= 11 is 1.34. The lowest BCUT2D eigenvalue weighted by Crippen LogP contribution is -2.25. The summed E-state index contributed by atoms with van der Waals surface area (Å²) in [4.78, 5) is 27.9. The van der Waals surface area contributed by atoms with Crippen LogP contribution in [0.15, 0.2) is 41.4 Å². The van der Waals surface area contributed by atoms with Crippen LogP contribution in [0.25, 0.3) is 10.4 Å². The number of aliphatic imine (C=N–C) groups is 1. The number of nitrogens with two attached hydrogens (primary N) is 2. The Morgan fingerprint density at radius 2 is 2.00 bits per heavy atom. The van der Waals surface area contributed by atoms with Gasteiger partial charge in [0.15, 0.2) is 5.96 Å². The van der Waals surface area contributed by atoms with Crippen LogP contribution in [0, 0.1) is 0 Å². The van der Waals surface area contributed by atoms with Crippen LogP contribution in [0.5, 0.6) is 0 Å². The molecule has 1 heterocycles. The molecule has 1 aromatic heterocycles. The van der Waals surface area contributed by atoms with Gasteiger partial charge in [-0.2, -0.15) is 0 Å². The van der Waals surface area contributed by atoms with Crippen LogP contribution in [0.1, 0.15) is 21.7 Å². The Bertz CT molecular complexity index is 766. The van der Waals surface area contributed by atoms with E-state index in [-0.39, 0.29) is 24.8 Å². The number of carboxylic acids is 1. The highest BCUT2D eigenvalue weighted by molar-refractivity contribution is 7.17. The molecular formula is C16H18N4O3S. The normalized spacial score (nSPS) is 10.2. The van der Waals surface area contributed by atoms with Crippen LogP contribution >= 0.6 is 11.3 Å². The molecule has 0 bridgehead atoms. The quantitative estimate of drug-likeness (QED) is 0.444. The fourth-order valence-corrected chi connectivity index (χ4v) is 2.91. The number of nitrogens with zero attached hydrogens (tertiary/aromatic N) is 1. The van der Waals surface area contributed by atoms with Crippen molar-refractivity contribution in [2.24, 2.45) is 16.5 Å². The zero-order valence-corrected chi connectivity index (χ0v) is 13.7. The average Bonchev–Trinajstić information content (AvgIpc) is 3.03. The average molecular weight is 346 g/mol. The number of amides is 1. The van der Waals surface area contributed by atoms with Crippen molar-refractivity contribution >= 4 is 29.2 Å². The van der Waals surface area contributed by atoms with Gasteiger partial charge in [-0.05, 0) is 29.3 Å². The molecule has 0 fully saturated rings. The third-order valence-electron chi connectivity index (χ3n) is 3.11. The van der Waals surface area contributed by atoms with Gasteiger partial charge in [-0.1, -0.05) is 18.2 Å². The van der Waals surface area contributed by atoms with Crippen molar-refractivity contribution in [2.75, 3.05) is 6.54 Å². The first-order valence-corrected chi connectivity index (χ1v) is 8.02. The predicted octanol–water partition coefficient (Wildman–Crippen LogP) is 1.39. The minimum Gasteiger partial charge on any atom is -0.481 e. The molecule has 6 N–H and O–H groups in total. The van der Waals surface area contributed by atoms with Crippen molar-refractivity contribution in [3.63, 3.8) is 0 Å². The summed E-state index contributed by atoms with van der Waals surface area (Å²) in [7, 11) is 0. The number of carbonyl (C=O) groups excluding carboxylic acids is 1. The van der Waals surface area contributed by atoms with Gasteiger partial charge < -0.3 is 21.9 Å². The number of benzene rings is 1. The number of thiophene rings is 1. The first-order chi connectivity index (χ1) is 11.5. The van der Waals surface area contributed by atoms with Crippen molar-refractivity contribution in [3.05, 3.63) is 46.8 Å². The van der Waals surface area contributed by atoms with Crippen LogP contribution in [0.2, 0.25) is 0 Å². The number of guanidine groups is 1. The largest absolute Gasteiger partial charge is 0.481 e. The molecule has 0 radical (unpaired) electrons. The summed E-state index contributed by atoms with van der Waals surface area (Å²) in [5.41, 5.74) is 12.6. The number of nitrogens with one attached hydrogen (secondary N) is 1. The van der Waals surface area contributed by atoms with Crippen LogP contribution in [-0.4, -0.2) is 29.5 Å². The van der Waals surface area contributed by atoms with Gasteiger partial charge in [0.05, 0.1) is 17.8 Å². The van der Waals surface area contributed by atoms with Crippen molar-refractivity contribution in [2.45, 2.75) is 13.0 Å². The Hall–Kier alpha value is -2.87. The highest BCUT2D eigenvalue weighted by Gasteiger charge is 2.10. The van der Waals surface area contributed by atoms with E-state index in [0.29, 0.717) is 11.4 Å². The van der Waals surface area contributed by atoms with Crippen LogP contribution in [0.3, 0.4) is 0 Å². The van der Waals surface area contributed by atoms with Gasteiger partial charge >= 0.3 is 5.97 Å². The van der Waals surface area contributed by atoms with E-state index < -0.39 is 5.97 Å². The molecule has 0 atom stereocenters. The Kier molecular flexibility index (Phi) is 5.91. The van der Waals surface area contributed by atoms with Crippen LogP contribution in [-0.2, 0) is 11.3 Å². The maximum absolute atomic E-state index is 12.0. The fraction of sp³-hybridized carbons (Fsp3) is 0.188. The molecule has 0 spiro atoms. The van der Waals surface area contributed by atoms with Crippen LogP contribution < -0.4 is 16.8 Å². The van der Waals surface area contributed by atoms with E-state index in [4.69, 9.17) is 16.6 Å². The van der Waals surface area contributed by atoms with Crippen molar-refractivity contribution in [3.8, 4) is 10.4 Å².